The maximum Gasteiger partial charge on any atom is 0.573 e. The first-order chi connectivity index (χ1) is 19.6. The summed E-state index contributed by atoms with van der Waals surface area (Å²) in [5.74, 6) is -0.815. The van der Waals surface area contributed by atoms with Gasteiger partial charge in [-0.05, 0) is 59.4 Å². The van der Waals surface area contributed by atoms with Crippen LogP contribution in [-0.2, 0) is 17.6 Å². The quantitative estimate of drug-likeness (QED) is 0.165. The van der Waals surface area contributed by atoms with E-state index in [1.807, 2.05) is 36.4 Å². The summed E-state index contributed by atoms with van der Waals surface area (Å²) in [5, 5.41) is 9.19. The summed E-state index contributed by atoms with van der Waals surface area (Å²) in [6.07, 6.45) is -3.10. The van der Waals surface area contributed by atoms with Gasteiger partial charge in [0.15, 0.2) is 5.72 Å². The van der Waals surface area contributed by atoms with Crippen LogP contribution in [0.3, 0.4) is 0 Å². The lowest BCUT2D eigenvalue weighted by molar-refractivity contribution is -0.274. The molecular weight excluding hydrogens is 531 g/mol. The van der Waals surface area contributed by atoms with Crippen molar-refractivity contribution >= 4 is 5.97 Å². The van der Waals surface area contributed by atoms with Gasteiger partial charge >= 0.3 is 12.3 Å². The number of hydrogen-bond donors (Lipinski definition) is 2. The fourth-order valence-electron chi connectivity index (χ4n) is 5.00. The van der Waals surface area contributed by atoms with Gasteiger partial charge in [0.25, 0.3) is 0 Å². The van der Waals surface area contributed by atoms with Crippen LogP contribution in [0.1, 0.15) is 47.4 Å². The summed E-state index contributed by atoms with van der Waals surface area (Å²) in [7, 11) is 0. The molecule has 1 atom stereocenters. The Morgan fingerprint density at radius 2 is 1.29 bits per heavy atom. The van der Waals surface area contributed by atoms with Crippen molar-refractivity contribution in [3.05, 3.63) is 131 Å². The Morgan fingerprint density at radius 1 is 0.756 bits per heavy atom. The fourth-order valence-corrected chi connectivity index (χ4v) is 5.00. The number of carbonyl (C=O) groups is 1. The lowest BCUT2D eigenvalue weighted by atomic mass is 9.85. The third-order valence-corrected chi connectivity index (χ3v) is 6.71. The monoisotopic (exact) mass is 563 g/mol. The van der Waals surface area contributed by atoms with Crippen LogP contribution in [0.25, 0.3) is 0 Å². The Morgan fingerprint density at radius 3 is 1.85 bits per heavy atom. The number of halogens is 3. The molecule has 0 amide bonds. The van der Waals surface area contributed by atoms with Gasteiger partial charge in [-0.15, -0.1) is 13.2 Å². The number of alkyl halides is 3. The third-order valence-electron chi connectivity index (χ3n) is 6.71. The van der Waals surface area contributed by atoms with Crippen molar-refractivity contribution in [2.45, 2.75) is 50.1 Å². The molecule has 0 aliphatic carbocycles. The molecule has 0 aromatic heterocycles. The molecule has 3 N–H and O–H groups in total. The largest absolute Gasteiger partial charge is 0.573 e. The first kappa shape index (κ1) is 29.7. The molecule has 0 bridgehead atoms. The number of ether oxygens (including phenoxy) is 2. The standard InChI is InChI=1S/C33H32F3NO4/c34-33(35,36)41-29-17-8-11-25(21-29)23-32(37,40-28-16-7-10-24(20-28)22-31(38)39)19-9-18-30(26-12-3-1-4-13-26)27-14-5-2-6-15-27/h1-8,10-17,20-21,30H,9,18-19,22-23,37H2,(H,38,39). The average Bonchev–Trinajstić information content (AvgIpc) is 2.91. The van der Waals surface area contributed by atoms with Crippen LogP contribution in [0, 0.1) is 0 Å². The van der Waals surface area contributed by atoms with Crippen molar-refractivity contribution in [3.8, 4) is 11.5 Å². The molecule has 0 aliphatic rings. The maximum absolute atomic E-state index is 12.8. The first-order valence-corrected chi connectivity index (χ1v) is 13.3. The SMILES string of the molecule is NC(CCCC(c1ccccc1)c1ccccc1)(Cc1cccc(OC(F)(F)F)c1)Oc1cccc(CC(=O)O)c1. The normalized spacial score (nSPS) is 13.0. The molecule has 214 valence electrons. The number of nitrogens with two attached hydrogens (primary N) is 1. The Hall–Kier alpha value is -4.30. The van der Waals surface area contributed by atoms with Crippen molar-refractivity contribution in [2.24, 2.45) is 5.73 Å². The van der Waals surface area contributed by atoms with E-state index in [9.17, 15) is 23.1 Å². The highest BCUT2D eigenvalue weighted by molar-refractivity contribution is 5.70. The molecule has 0 saturated heterocycles. The summed E-state index contributed by atoms with van der Waals surface area (Å²) in [6, 6.07) is 32.7. The van der Waals surface area contributed by atoms with Gasteiger partial charge in [-0.25, -0.2) is 0 Å². The van der Waals surface area contributed by atoms with E-state index in [1.165, 1.54) is 29.3 Å². The van der Waals surface area contributed by atoms with E-state index >= 15 is 0 Å². The fraction of sp³-hybridized carbons (Fsp3) is 0.242. The summed E-state index contributed by atoms with van der Waals surface area (Å²) in [6.45, 7) is 0. The molecule has 0 spiro atoms. The van der Waals surface area contributed by atoms with Gasteiger partial charge in [0.1, 0.15) is 11.5 Å². The van der Waals surface area contributed by atoms with Gasteiger partial charge in [-0.2, -0.15) is 0 Å². The second kappa shape index (κ2) is 13.4. The van der Waals surface area contributed by atoms with E-state index in [0.717, 1.165) is 6.42 Å². The van der Waals surface area contributed by atoms with Crippen LogP contribution in [0.4, 0.5) is 13.2 Å². The van der Waals surface area contributed by atoms with Crippen LogP contribution < -0.4 is 15.2 Å². The zero-order valence-electron chi connectivity index (χ0n) is 22.4. The molecule has 0 radical (unpaired) electrons. The minimum Gasteiger partial charge on any atom is -0.481 e. The van der Waals surface area contributed by atoms with Crippen molar-refractivity contribution in [3.63, 3.8) is 0 Å². The highest BCUT2D eigenvalue weighted by Gasteiger charge is 2.32. The molecular formula is C33H32F3NO4. The van der Waals surface area contributed by atoms with Crippen LogP contribution >= 0.6 is 0 Å². The zero-order valence-corrected chi connectivity index (χ0v) is 22.4. The topological polar surface area (TPSA) is 81.8 Å². The van der Waals surface area contributed by atoms with Gasteiger partial charge in [0, 0.05) is 18.8 Å². The highest BCUT2D eigenvalue weighted by atomic mass is 19.4. The molecule has 41 heavy (non-hydrogen) atoms. The van der Waals surface area contributed by atoms with Crippen molar-refractivity contribution < 1.29 is 32.5 Å². The highest BCUT2D eigenvalue weighted by Crippen LogP contribution is 2.33. The Bertz CT molecular complexity index is 1370. The Kier molecular flexibility index (Phi) is 9.68. The zero-order chi connectivity index (χ0) is 29.3. The molecule has 8 heteroatoms. The second-order valence-electron chi connectivity index (χ2n) is 10.0. The van der Waals surface area contributed by atoms with Crippen molar-refractivity contribution in [2.75, 3.05) is 0 Å². The molecule has 1 unspecified atom stereocenters. The average molecular weight is 564 g/mol. The Labute approximate surface area is 237 Å². The van der Waals surface area contributed by atoms with Crippen LogP contribution in [0.15, 0.2) is 109 Å². The van der Waals surface area contributed by atoms with E-state index in [2.05, 4.69) is 29.0 Å². The predicted molar refractivity (Wildman–Crippen MR) is 151 cm³/mol. The van der Waals surface area contributed by atoms with Crippen LogP contribution in [0.5, 0.6) is 11.5 Å². The molecule has 4 rings (SSSR count). The lowest BCUT2D eigenvalue weighted by Crippen LogP contribution is -2.48. The summed E-state index contributed by atoms with van der Waals surface area (Å²) in [5.41, 5.74) is 8.95. The van der Waals surface area contributed by atoms with Gasteiger partial charge in [-0.1, -0.05) is 84.9 Å². The number of benzene rings is 4. The van der Waals surface area contributed by atoms with E-state index in [-0.39, 0.29) is 24.5 Å². The number of rotatable bonds is 13. The molecule has 4 aromatic rings. The van der Waals surface area contributed by atoms with E-state index in [1.54, 1.807) is 30.3 Å². The minimum atomic E-state index is -4.82. The van der Waals surface area contributed by atoms with Gasteiger partial charge in [0.2, 0.25) is 0 Å². The summed E-state index contributed by atoms with van der Waals surface area (Å²) >= 11 is 0. The van der Waals surface area contributed by atoms with E-state index in [4.69, 9.17) is 10.5 Å². The second-order valence-corrected chi connectivity index (χ2v) is 10.0. The smallest absolute Gasteiger partial charge is 0.481 e. The molecule has 4 aromatic carbocycles. The Balaban J connectivity index is 1.57. The third kappa shape index (κ3) is 9.39. The number of carboxylic acids is 1. The van der Waals surface area contributed by atoms with Crippen molar-refractivity contribution in [1.29, 1.82) is 0 Å². The molecule has 0 fully saturated rings. The van der Waals surface area contributed by atoms with Gasteiger partial charge in [-0.3, -0.25) is 10.5 Å². The lowest BCUT2D eigenvalue weighted by Gasteiger charge is -2.32. The number of hydrogen-bond acceptors (Lipinski definition) is 4. The first-order valence-electron chi connectivity index (χ1n) is 13.3. The number of carboxylic acid groups (broad SMARTS) is 1. The molecule has 0 saturated carbocycles. The van der Waals surface area contributed by atoms with E-state index in [0.29, 0.717) is 29.7 Å². The summed E-state index contributed by atoms with van der Waals surface area (Å²) < 4.78 is 48.9. The summed E-state index contributed by atoms with van der Waals surface area (Å²) in [4.78, 5) is 11.2. The van der Waals surface area contributed by atoms with Crippen LogP contribution in [-0.4, -0.2) is 23.2 Å². The van der Waals surface area contributed by atoms with Crippen LogP contribution in [0.2, 0.25) is 0 Å². The number of aliphatic carboxylic acids is 1. The minimum absolute atomic E-state index is 0.104. The molecule has 5 nitrogen and oxygen atoms in total. The van der Waals surface area contributed by atoms with Gasteiger partial charge in [0.05, 0.1) is 6.42 Å². The van der Waals surface area contributed by atoms with E-state index < -0.39 is 18.1 Å². The predicted octanol–water partition coefficient (Wildman–Crippen LogP) is 7.49. The van der Waals surface area contributed by atoms with Crippen molar-refractivity contribution in [1.82, 2.24) is 0 Å². The molecule has 0 heterocycles. The van der Waals surface area contributed by atoms with Gasteiger partial charge < -0.3 is 14.6 Å². The molecule has 0 aliphatic heterocycles. The maximum atomic E-state index is 12.8.